The van der Waals surface area contributed by atoms with Gasteiger partial charge in [0.15, 0.2) is 5.82 Å². The number of fused-ring (bicyclic) bond motifs is 1. The first-order valence-corrected chi connectivity index (χ1v) is 9.75. The average Bonchev–Trinajstić information content (AvgIpc) is 3.20. The Labute approximate surface area is 168 Å². The first kappa shape index (κ1) is 18.5. The van der Waals surface area contributed by atoms with E-state index in [0.29, 0.717) is 16.5 Å². The molecule has 1 aliphatic heterocycles. The number of nitrogens with one attached hydrogen (secondary N) is 1. The van der Waals surface area contributed by atoms with Gasteiger partial charge in [0.2, 0.25) is 5.91 Å². The van der Waals surface area contributed by atoms with Gasteiger partial charge in [0.25, 0.3) is 0 Å². The number of anilines is 1. The number of nitrogens with zero attached hydrogens (tertiary/aromatic N) is 3. The molecule has 1 aromatic carbocycles. The zero-order valence-corrected chi connectivity index (χ0v) is 16.4. The van der Waals surface area contributed by atoms with E-state index in [1.165, 1.54) is 12.5 Å². The Balaban J connectivity index is 1.55. The molecule has 0 fully saturated rings. The highest BCUT2D eigenvalue weighted by Crippen LogP contribution is 2.31. The molecule has 2 aromatic heterocycles. The number of furan rings is 1. The topological polar surface area (TPSA) is 73.0 Å². The molecule has 3 aromatic rings. The van der Waals surface area contributed by atoms with Crippen LogP contribution in [0.2, 0.25) is 5.02 Å². The van der Waals surface area contributed by atoms with E-state index in [9.17, 15) is 4.79 Å². The van der Waals surface area contributed by atoms with Crippen LogP contribution in [0, 0.1) is 6.92 Å². The summed E-state index contributed by atoms with van der Waals surface area (Å²) in [7, 11) is 0. The van der Waals surface area contributed by atoms with Crippen molar-refractivity contribution in [3.05, 3.63) is 58.8 Å². The summed E-state index contributed by atoms with van der Waals surface area (Å²) in [5, 5.41) is 12.1. The Morgan fingerprint density at radius 1 is 1.21 bits per heavy atom. The number of benzene rings is 1. The van der Waals surface area contributed by atoms with Crippen molar-refractivity contribution in [3.8, 4) is 11.4 Å². The van der Waals surface area contributed by atoms with E-state index < -0.39 is 0 Å². The highest BCUT2D eigenvalue weighted by atomic mass is 35.5. The molecule has 28 heavy (non-hydrogen) atoms. The molecule has 7 heteroatoms. The molecule has 0 atom stereocenters. The summed E-state index contributed by atoms with van der Waals surface area (Å²) >= 11 is 6.43. The van der Waals surface area contributed by atoms with Crippen LogP contribution in [0.5, 0.6) is 0 Å². The summed E-state index contributed by atoms with van der Waals surface area (Å²) in [4.78, 5) is 12.2. The van der Waals surface area contributed by atoms with Gasteiger partial charge in [0.1, 0.15) is 17.3 Å². The predicted octanol–water partition coefficient (Wildman–Crippen LogP) is 4.88. The standard InChI is InChI=1S/C21H21ClN4O2/c1-14-6-8-16(28-14)9-11-20(27)23-15-7-10-18(22)17(13-15)21-25-24-19-5-3-2-4-12-26(19)21/h6-11,13H,2-5,12H2,1H3,(H,23,27)/b11-9+. The van der Waals surface area contributed by atoms with Crippen molar-refractivity contribution in [3.63, 3.8) is 0 Å². The molecule has 144 valence electrons. The van der Waals surface area contributed by atoms with Gasteiger partial charge in [-0.2, -0.15) is 0 Å². The third-order valence-corrected chi connectivity index (χ3v) is 5.07. The summed E-state index contributed by atoms with van der Waals surface area (Å²) in [5.41, 5.74) is 1.42. The van der Waals surface area contributed by atoms with Crippen molar-refractivity contribution in [2.24, 2.45) is 0 Å². The summed E-state index contributed by atoms with van der Waals surface area (Å²) in [6, 6.07) is 9.05. The van der Waals surface area contributed by atoms with Crippen LogP contribution >= 0.6 is 11.6 Å². The molecule has 1 N–H and O–H groups in total. The molecule has 4 rings (SSSR count). The summed E-state index contributed by atoms with van der Waals surface area (Å²) in [5.74, 6) is 2.93. The van der Waals surface area contributed by atoms with Gasteiger partial charge in [0, 0.05) is 30.3 Å². The lowest BCUT2D eigenvalue weighted by Gasteiger charge is -2.10. The van der Waals surface area contributed by atoms with E-state index in [1.807, 2.05) is 25.1 Å². The minimum atomic E-state index is -0.248. The van der Waals surface area contributed by atoms with Gasteiger partial charge in [0.05, 0.1) is 5.02 Å². The van der Waals surface area contributed by atoms with Crippen LogP contribution < -0.4 is 5.32 Å². The minimum absolute atomic E-state index is 0.248. The number of halogens is 1. The maximum Gasteiger partial charge on any atom is 0.248 e. The second-order valence-electron chi connectivity index (χ2n) is 6.87. The fourth-order valence-electron chi connectivity index (χ4n) is 3.34. The maximum absolute atomic E-state index is 12.2. The van der Waals surface area contributed by atoms with Crippen LogP contribution in [0.3, 0.4) is 0 Å². The molecule has 0 bridgehead atoms. The molecular formula is C21H21ClN4O2. The van der Waals surface area contributed by atoms with Gasteiger partial charge in [-0.05, 0) is 56.2 Å². The van der Waals surface area contributed by atoms with E-state index in [-0.39, 0.29) is 5.91 Å². The van der Waals surface area contributed by atoms with Crippen molar-refractivity contribution in [1.29, 1.82) is 0 Å². The third kappa shape index (κ3) is 4.02. The normalized spacial score (nSPS) is 14.1. The van der Waals surface area contributed by atoms with Gasteiger partial charge in [-0.25, -0.2) is 0 Å². The van der Waals surface area contributed by atoms with Gasteiger partial charge in [-0.1, -0.05) is 18.0 Å². The molecule has 3 heterocycles. The summed E-state index contributed by atoms with van der Waals surface area (Å²) < 4.78 is 7.57. The number of aromatic nitrogens is 3. The van der Waals surface area contributed by atoms with Crippen LogP contribution in [0.25, 0.3) is 17.5 Å². The molecule has 1 amide bonds. The van der Waals surface area contributed by atoms with Gasteiger partial charge < -0.3 is 14.3 Å². The maximum atomic E-state index is 12.2. The van der Waals surface area contributed by atoms with E-state index in [4.69, 9.17) is 16.0 Å². The van der Waals surface area contributed by atoms with Crippen LogP contribution in [-0.2, 0) is 17.8 Å². The second-order valence-corrected chi connectivity index (χ2v) is 7.27. The van der Waals surface area contributed by atoms with E-state index in [1.54, 1.807) is 18.2 Å². The lowest BCUT2D eigenvalue weighted by Crippen LogP contribution is -2.08. The molecule has 6 nitrogen and oxygen atoms in total. The van der Waals surface area contributed by atoms with Crippen LogP contribution in [0.1, 0.15) is 36.6 Å². The number of aryl methyl sites for hydroxylation is 2. The van der Waals surface area contributed by atoms with Gasteiger partial charge >= 0.3 is 0 Å². The summed E-state index contributed by atoms with van der Waals surface area (Å²) in [6.45, 7) is 2.74. The van der Waals surface area contributed by atoms with Gasteiger partial charge in [-0.3, -0.25) is 4.79 Å². The quantitative estimate of drug-likeness (QED) is 0.638. The lowest BCUT2D eigenvalue weighted by molar-refractivity contribution is -0.111. The van der Waals surface area contributed by atoms with Crippen molar-refractivity contribution >= 4 is 29.3 Å². The summed E-state index contributed by atoms with van der Waals surface area (Å²) in [6.07, 6.45) is 7.42. The minimum Gasteiger partial charge on any atom is -0.462 e. The molecule has 0 unspecified atom stereocenters. The van der Waals surface area contributed by atoms with E-state index in [2.05, 4.69) is 20.1 Å². The molecule has 0 saturated carbocycles. The lowest BCUT2D eigenvalue weighted by atomic mass is 10.1. The van der Waals surface area contributed by atoms with Crippen molar-refractivity contribution in [2.75, 3.05) is 5.32 Å². The number of carbonyl (C=O) groups is 1. The Hall–Kier alpha value is -2.86. The predicted molar refractivity (Wildman–Crippen MR) is 109 cm³/mol. The van der Waals surface area contributed by atoms with Crippen LogP contribution in [0.4, 0.5) is 5.69 Å². The zero-order valence-electron chi connectivity index (χ0n) is 15.6. The van der Waals surface area contributed by atoms with Crippen molar-refractivity contribution in [1.82, 2.24) is 14.8 Å². The largest absolute Gasteiger partial charge is 0.462 e. The SMILES string of the molecule is Cc1ccc(/C=C/C(=O)Nc2ccc(Cl)c(-c3nnc4n3CCCCC4)c2)o1. The highest BCUT2D eigenvalue weighted by molar-refractivity contribution is 6.33. The molecule has 0 aliphatic carbocycles. The zero-order chi connectivity index (χ0) is 19.5. The third-order valence-electron chi connectivity index (χ3n) is 4.74. The molecular weight excluding hydrogens is 376 g/mol. The second kappa shape index (κ2) is 8.02. The van der Waals surface area contributed by atoms with Crippen molar-refractivity contribution in [2.45, 2.75) is 39.2 Å². The number of hydrogen-bond donors (Lipinski definition) is 1. The molecule has 0 saturated heterocycles. The van der Waals surface area contributed by atoms with E-state index >= 15 is 0 Å². The molecule has 0 radical (unpaired) electrons. The smallest absolute Gasteiger partial charge is 0.248 e. The van der Waals surface area contributed by atoms with Crippen LogP contribution in [-0.4, -0.2) is 20.7 Å². The Bertz CT molecular complexity index is 1030. The first-order chi connectivity index (χ1) is 13.6. The Morgan fingerprint density at radius 2 is 2.11 bits per heavy atom. The number of amides is 1. The van der Waals surface area contributed by atoms with E-state index in [0.717, 1.165) is 48.8 Å². The van der Waals surface area contributed by atoms with Gasteiger partial charge in [-0.15, -0.1) is 10.2 Å². The first-order valence-electron chi connectivity index (χ1n) is 9.37. The fourth-order valence-corrected chi connectivity index (χ4v) is 3.55. The van der Waals surface area contributed by atoms with Crippen molar-refractivity contribution < 1.29 is 9.21 Å². The number of hydrogen-bond acceptors (Lipinski definition) is 4. The average molecular weight is 397 g/mol. The highest BCUT2D eigenvalue weighted by Gasteiger charge is 2.18. The number of rotatable bonds is 4. The Morgan fingerprint density at radius 3 is 2.93 bits per heavy atom. The monoisotopic (exact) mass is 396 g/mol. The number of carbonyl (C=O) groups excluding carboxylic acids is 1. The molecule has 0 spiro atoms. The molecule has 1 aliphatic rings. The van der Waals surface area contributed by atoms with Crippen LogP contribution in [0.15, 0.2) is 40.8 Å². The fraction of sp³-hybridized carbons (Fsp3) is 0.286. The Kier molecular flexibility index (Phi) is 5.30.